The monoisotopic (exact) mass is 333 g/mol. The van der Waals surface area contributed by atoms with E-state index in [1.807, 2.05) is 32.0 Å². The molecular weight excluding hydrogens is 321 g/mol. The zero-order valence-corrected chi connectivity index (χ0v) is 13.5. The molecule has 2 rings (SSSR count). The molecule has 2 aromatic rings. The van der Waals surface area contributed by atoms with Crippen LogP contribution in [0.5, 0.6) is 0 Å². The molecule has 6 heteroatoms. The lowest BCUT2D eigenvalue weighted by molar-refractivity contribution is -0.113. The number of nitrogens with zero attached hydrogens (tertiary/aromatic N) is 2. The van der Waals surface area contributed by atoms with Gasteiger partial charge in [-0.15, -0.1) is 0 Å². The number of amides is 1. The zero-order valence-electron chi connectivity index (χ0n) is 12.0. The van der Waals surface area contributed by atoms with E-state index in [2.05, 4.69) is 5.43 Å². The Labute approximate surface area is 138 Å². The molecule has 0 saturated carbocycles. The highest BCUT2D eigenvalue weighted by Gasteiger charge is 2.12. The van der Waals surface area contributed by atoms with E-state index in [1.165, 1.54) is 6.08 Å². The van der Waals surface area contributed by atoms with Crippen molar-refractivity contribution in [3.8, 4) is 6.07 Å². The molecule has 4 nitrogen and oxygen atoms in total. The average molecular weight is 334 g/mol. The summed E-state index contributed by atoms with van der Waals surface area (Å²) in [6.45, 7) is 3.72. The van der Waals surface area contributed by atoms with Crippen molar-refractivity contribution in [2.75, 3.05) is 5.43 Å². The Morgan fingerprint density at radius 3 is 2.41 bits per heavy atom. The van der Waals surface area contributed by atoms with E-state index in [1.54, 1.807) is 22.9 Å². The Kier molecular flexibility index (Phi) is 4.92. The molecule has 0 unspecified atom stereocenters. The van der Waals surface area contributed by atoms with Crippen LogP contribution in [0.3, 0.4) is 0 Å². The van der Waals surface area contributed by atoms with E-state index >= 15 is 0 Å². The fourth-order valence-corrected chi connectivity index (χ4v) is 2.39. The summed E-state index contributed by atoms with van der Waals surface area (Å²) in [5.41, 5.74) is 4.92. The summed E-state index contributed by atoms with van der Waals surface area (Å²) >= 11 is 11.9. The molecule has 0 aliphatic rings. The van der Waals surface area contributed by atoms with Crippen LogP contribution in [0.25, 0.3) is 6.08 Å². The standard InChI is InChI=1S/C16H13Cl2N3O/c1-10-3-4-11(2)21(10)20-16(22)13(9-19)7-12-5-6-14(17)8-15(12)18/h3-8H,1-2H3,(H,20,22)/b13-7-. The smallest absolute Gasteiger partial charge is 0.267 e. The molecule has 0 radical (unpaired) electrons. The first kappa shape index (κ1) is 16.2. The van der Waals surface area contributed by atoms with Crippen molar-refractivity contribution in [2.24, 2.45) is 0 Å². The maximum Gasteiger partial charge on any atom is 0.280 e. The molecule has 0 bridgehead atoms. The largest absolute Gasteiger partial charge is 0.280 e. The highest BCUT2D eigenvalue weighted by Crippen LogP contribution is 2.23. The normalized spacial score (nSPS) is 11.1. The summed E-state index contributed by atoms with van der Waals surface area (Å²) < 4.78 is 1.62. The molecule has 0 atom stereocenters. The van der Waals surface area contributed by atoms with Crippen LogP contribution < -0.4 is 5.43 Å². The number of rotatable bonds is 3. The summed E-state index contributed by atoms with van der Waals surface area (Å²) in [6.07, 6.45) is 1.43. The molecule has 0 spiro atoms. The molecule has 1 aromatic heterocycles. The number of nitriles is 1. The second-order valence-corrected chi connectivity index (χ2v) is 5.57. The Hall–Kier alpha value is -2.22. The predicted molar refractivity (Wildman–Crippen MR) is 88.3 cm³/mol. The van der Waals surface area contributed by atoms with Crippen LogP contribution in [-0.4, -0.2) is 10.6 Å². The van der Waals surface area contributed by atoms with Gasteiger partial charge in [0.15, 0.2) is 0 Å². The van der Waals surface area contributed by atoms with Crippen LogP contribution in [0, 0.1) is 25.2 Å². The highest BCUT2D eigenvalue weighted by atomic mass is 35.5. The van der Waals surface area contributed by atoms with Crippen molar-refractivity contribution >= 4 is 35.2 Å². The lowest BCUT2D eigenvalue weighted by atomic mass is 10.1. The van der Waals surface area contributed by atoms with Crippen LogP contribution in [0.15, 0.2) is 35.9 Å². The molecule has 1 aromatic carbocycles. The maximum absolute atomic E-state index is 12.2. The van der Waals surface area contributed by atoms with Gasteiger partial charge in [0.25, 0.3) is 5.91 Å². The van der Waals surface area contributed by atoms with Crippen LogP contribution in [0.4, 0.5) is 0 Å². The molecule has 22 heavy (non-hydrogen) atoms. The first-order chi connectivity index (χ1) is 10.4. The van der Waals surface area contributed by atoms with E-state index in [0.29, 0.717) is 15.6 Å². The summed E-state index contributed by atoms with van der Waals surface area (Å²) in [5, 5.41) is 10.1. The van der Waals surface area contributed by atoms with Crippen LogP contribution >= 0.6 is 23.2 Å². The number of nitrogens with one attached hydrogen (secondary N) is 1. The van der Waals surface area contributed by atoms with E-state index < -0.39 is 5.91 Å². The third-order valence-corrected chi connectivity index (χ3v) is 3.67. The number of benzene rings is 1. The van der Waals surface area contributed by atoms with Gasteiger partial charge in [-0.05, 0) is 49.8 Å². The molecule has 0 fully saturated rings. The third-order valence-electron chi connectivity index (χ3n) is 3.11. The number of carbonyl (C=O) groups excluding carboxylic acids is 1. The first-order valence-electron chi connectivity index (χ1n) is 6.45. The van der Waals surface area contributed by atoms with Gasteiger partial charge in [0, 0.05) is 21.4 Å². The number of hydrogen-bond acceptors (Lipinski definition) is 2. The minimum absolute atomic E-state index is 0.0447. The lowest BCUT2D eigenvalue weighted by Crippen LogP contribution is -2.25. The van der Waals surface area contributed by atoms with E-state index in [-0.39, 0.29) is 5.57 Å². The van der Waals surface area contributed by atoms with Gasteiger partial charge in [0.2, 0.25) is 0 Å². The van der Waals surface area contributed by atoms with Gasteiger partial charge in [0.1, 0.15) is 11.6 Å². The van der Waals surface area contributed by atoms with E-state index in [4.69, 9.17) is 23.2 Å². The average Bonchev–Trinajstić information content (AvgIpc) is 2.78. The summed E-state index contributed by atoms with van der Waals surface area (Å²) in [5.74, 6) is -0.504. The number of carbonyl (C=O) groups is 1. The van der Waals surface area contributed by atoms with Crippen LogP contribution in [0.1, 0.15) is 17.0 Å². The van der Waals surface area contributed by atoms with Gasteiger partial charge >= 0.3 is 0 Å². The Bertz CT molecular complexity index is 781. The van der Waals surface area contributed by atoms with Gasteiger partial charge in [-0.3, -0.25) is 14.9 Å². The maximum atomic E-state index is 12.2. The van der Waals surface area contributed by atoms with Gasteiger partial charge in [0.05, 0.1) is 0 Å². The third kappa shape index (κ3) is 3.51. The van der Waals surface area contributed by atoms with Crippen molar-refractivity contribution in [3.63, 3.8) is 0 Å². The molecule has 112 valence electrons. The highest BCUT2D eigenvalue weighted by molar-refractivity contribution is 6.35. The molecule has 1 heterocycles. The van der Waals surface area contributed by atoms with Crippen molar-refractivity contribution in [3.05, 3.63) is 62.9 Å². The summed E-state index contributed by atoms with van der Waals surface area (Å²) in [7, 11) is 0. The van der Waals surface area contributed by atoms with Crippen LogP contribution in [-0.2, 0) is 4.79 Å². The zero-order chi connectivity index (χ0) is 16.3. The number of halogens is 2. The van der Waals surface area contributed by atoms with Gasteiger partial charge < -0.3 is 0 Å². The molecule has 1 N–H and O–H groups in total. The molecule has 0 aliphatic heterocycles. The predicted octanol–water partition coefficient (Wildman–Crippen LogP) is 4.09. The van der Waals surface area contributed by atoms with E-state index in [0.717, 1.165) is 11.4 Å². The van der Waals surface area contributed by atoms with Crippen molar-refractivity contribution in [1.82, 2.24) is 4.68 Å². The second kappa shape index (κ2) is 6.69. The second-order valence-electron chi connectivity index (χ2n) is 4.73. The van der Waals surface area contributed by atoms with Crippen molar-refractivity contribution < 1.29 is 4.79 Å². The Morgan fingerprint density at radius 1 is 1.23 bits per heavy atom. The SMILES string of the molecule is Cc1ccc(C)n1NC(=O)/C(C#N)=C\c1ccc(Cl)cc1Cl. The Balaban J connectivity index is 2.30. The summed E-state index contributed by atoms with van der Waals surface area (Å²) in [6, 6.07) is 10.5. The van der Waals surface area contributed by atoms with Crippen molar-refractivity contribution in [1.29, 1.82) is 5.26 Å². The molecule has 0 aliphatic carbocycles. The lowest BCUT2D eigenvalue weighted by Gasteiger charge is -2.10. The molecule has 1 amide bonds. The number of aromatic nitrogens is 1. The fourth-order valence-electron chi connectivity index (χ4n) is 1.93. The molecular formula is C16H13Cl2N3O. The topological polar surface area (TPSA) is 57.8 Å². The van der Waals surface area contributed by atoms with Gasteiger partial charge in [-0.1, -0.05) is 29.3 Å². The van der Waals surface area contributed by atoms with Crippen molar-refractivity contribution in [2.45, 2.75) is 13.8 Å². The number of aryl methyl sites for hydroxylation is 2. The first-order valence-corrected chi connectivity index (χ1v) is 7.21. The van der Waals surface area contributed by atoms with Gasteiger partial charge in [-0.25, -0.2) is 0 Å². The van der Waals surface area contributed by atoms with E-state index in [9.17, 15) is 10.1 Å². The molecule has 0 saturated heterocycles. The fraction of sp³-hybridized carbons (Fsp3) is 0.125. The minimum atomic E-state index is -0.504. The summed E-state index contributed by atoms with van der Waals surface area (Å²) in [4.78, 5) is 12.2. The Morgan fingerprint density at radius 2 is 1.86 bits per heavy atom. The van der Waals surface area contributed by atoms with Crippen LogP contribution in [0.2, 0.25) is 10.0 Å². The van der Waals surface area contributed by atoms with Gasteiger partial charge in [-0.2, -0.15) is 5.26 Å². The minimum Gasteiger partial charge on any atom is -0.267 e. The quantitative estimate of drug-likeness (QED) is 0.679. The number of hydrogen-bond donors (Lipinski definition) is 1.